The van der Waals surface area contributed by atoms with Gasteiger partial charge in [-0.3, -0.25) is 9.69 Å². The van der Waals surface area contributed by atoms with Crippen LogP contribution in [0.4, 0.5) is 0 Å². The number of hydrogen-bond acceptors (Lipinski definition) is 6. The number of amides is 1. The fraction of sp³-hybridized carbons (Fsp3) is 0.500. The van der Waals surface area contributed by atoms with E-state index in [1.807, 2.05) is 12.1 Å². The van der Waals surface area contributed by atoms with Gasteiger partial charge in [0.1, 0.15) is 0 Å². The summed E-state index contributed by atoms with van der Waals surface area (Å²) < 4.78 is 10.5. The Hall–Kier alpha value is -2.25. The third-order valence-electron chi connectivity index (χ3n) is 4.47. The summed E-state index contributed by atoms with van der Waals surface area (Å²) in [7, 11) is 0. The van der Waals surface area contributed by atoms with E-state index in [1.165, 1.54) is 0 Å². The fourth-order valence-corrected chi connectivity index (χ4v) is 2.86. The third kappa shape index (κ3) is 4.24. The van der Waals surface area contributed by atoms with Gasteiger partial charge < -0.3 is 14.6 Å². The molecule has 1 fully saturated rings. The van der Waals surface area contributed by atoms with Gasteiger partial charge in [0.2, 0.25) is 0 Å². The molecule has 0 aliphatic carbocycles. The number of morpholine rings is 1. The number of hydrogen-bond donors (Lipinski definition) is 1. The maximum atomic E-state index is 12.4. The summed E-state index contributed by atoms with van der Waals surface area (Å²) in [5.41, 5.74) is 1.30. The minimum atomic E-state index is -0.110. The van der Waals surface area contributed by atoms with Crippen molar-refractivity contribution in [3.05, 3.63) is 35.7 Å². The lowest BCUT2D eigenvalue weighted by Crippen LogP contribution is -2.55. The van der Waals surface area contributed by atoms with Crippen LogP contribution < -0.4 is 5.32 Å². The number of rotatable bonds is 5. The van der Waals surface area contributed by atoms with E-state index >= 15 is 0 Å². The van der Waals surface area contributed by atoms with Gasteiger partial charge in [0.25, 0.3) is 11.8 Å². The highest BCUT2D eigenvalue weighted by molar-refractivity contribution is 5.94. The Morgan fingerprint density at radius 2 is 1.92 bits per heavy atom. The highest BCUT2D eigenvalue weighted by atomic mass is 16.5. The van der Waals surface area contributed by atoms with Gasteiger partial charge in [-0.25, -0.2) is 0 Å². The quantitative estimate of drug-likeness (QED) is 0.892. The van der Waals surface area contributed by atoms with E-state index in [1.54, 1.807) is 19.1 Å². The first-order valence-electron chi connectivity index (χ1n) is 8.47. The first kappa shape index (κ1) is 17.6. The second kappa shape index (κ2) is 7.33. The van der Waals surface area contributed by atoms with Gasteiger partial charge in [-0.1, -0.05) is 5.16 Å². The average molecular weight is 344 g/mol. The van der Waals surface area contributed by atoms with E-state index in [9.17, 15) is 4.79 Å². The van der Waals surface area contributed by atoms with Gasteiger partial charge in [0.15, 0.2) is 5.82 Å². The number of nitrogens with zero attached hydrogens (tertiary/aromatic N) is 3. The number of aryl methyl sites for hydroxylation is 1. The molecule has 1 aromatic heterocycles. The van der Waals surface area contributed by atoms with Gasteiger partial charge in [-0.15, -0.1) is 0 Å². The van der Waals surface area contributed by atoms with Crippen molar-refractivity contribution in [2.24, 2.45) is 0 Å². The zero-order chi connectivity index (χ0) is 17.9. The van der Waals surface area contributed by atoms with Crippen LogP contribution in [0.1, 0.15) is 30.0 Å². The lowest BCUT2D eigenvalue weighted by atomic mass is 10.0. The molecule has 25 heavy (non-hydrogen) atoms. The summed E-state index contributed by atoms with van der Waals surface area (Å²) in [6, 6.07) is 7.17. The summed E-state index contributed by atoms with van der Waals surface area (Å²) in [6.07, 6.45) is 0. The Morgan fingerprint density at radius 1 is 1.24 bits per heavy atom. The molecule has 0 spiro atoms. The van der Waals surface area contributed by atoms with Crippen LogP contribution in [0.2, 0.25) is 0 Å². The van der Waals surface area contributed by atoms with Crippen molar-refractivity contribution in [3.63, 3.8) is 0 Å². The molecule has 1 aromatic carbocycles. The summed E-state index contributed by atoms with van der Waals surface area (Å²) in [5.74, 6) is 0.953. The Bertz CT molecular complexity index is 718. The van der Waals surface area contributed by atoms with Crippen LogP contribution in [0.5, 0.6) is 0 Å². The summed E-state index contributed by atoms with van der Waals surface area (Å²) >= 11 is 0. The lowest BCUT2D eigenvalue weighted by Gasteiger charge is -2.40. The summed E-state index contributed by atoms with van der Waals surface area (Å²) in [4.78, 5) is 18.9. The van der Waals surface area contributed by atoms with Crippen LogP contribution in [0, 0.1) is 6.92 Å². The van der Waals surface area contributed by atoms with Crippen molar-refractivity contribution in [2.45, 2.75) is 26.3 Å². The van der Waals surface area contributed by atoms with E-state index in [0.717, 1.165) is 31.9 Å². The van der Waals surface area contributed by atoms with Gasteiger partial charge >= 0.3 is 0 Å². The first-order valence-corrected chi connectivity index (χ1v) is 8.47. The second-order valence-electron chi connectivity index (χ2n) is 6.82. The zero-order valence-electron chi connectivity index (χ0n) is 14.9. The molecule has 134 valence electrons. The van der Waals surface area contributed by atoms with E-state index in [-0.39, 0.29) is 11.4 Å². The SMILES string of the molecule is Cc1noc(-c2ccc(C(=O)NCC(C)(C)N3CCOCC3)cc2)n1. The molecule has 0 saturated carbocycles. The molecule has 0 bridgehead atoms. The minimum Gasteiger partial charge on any atom is -0.379 e. The Morgan fingerprint density at radius 3 is 2.52 bits per heavy atom. The van der Waals surface area contributed by atoms with Gasteiger partial charge in [0.05, 0.1) is 13.2 Å². The Labute approximate surface area is 147 Å². The number of nitrogens with one attached hydrogen (secondary N) is 1. The van der Waals surface area contributed by atoms with Crippen molar-refractivity contribution >= 4 is 5.91 Å². The van der Waals surface area contributed by atoms with Crippen molar-refractivity contribution in [3.8, 4) is 11.5 Å². The maximum absolute atomic E-state index is 12.4. The molecule has 1 amide bonds. The first-order chi connectivity index (χ1) is 12.0. The standard InChI is InChI=1S/C18H24N4O3/c1-13-20-17(25-21-13)15-6-4-14(5-7-15)16(23)19-12-18(2,3)22-8-10-24-11-9-22/h4-7H,8-12H2,1-3H3,(H,19,23). The van der Waals surface area contributed by atoms with Crippen LogP contribution in [-0.4, -0.2) is 59.3 Å². The molecular formula is C18H24N4O3. The second-order valence-corrected chi connectivity index (χ2v) is 6.82. The van der Waals surface area contributed by atoms with Crippen molar-refractivity contribution < 1.29 is 14.1 Å². The van der Waals surface area contributed by atoms with Gasteiger partial charge in [-0.2, -0.15) is 4.98 Å². The number of carbonyl (C=O) groups excluding carboxylic acids is 1. The number of carbonyl (C=O) groups is 1. The third-order valence-corrected chi connectivity index (χ3v) is 4.47. The highest BCUT2D eigenvalue weighted by Crippen LogP contribution is 2.18. The van der Waals surface area contributed by atoms with Crippen molar-refractivity contribution in [1.82, 2.24) is 20.4 Å². The Balaban J connectivity index is 1.59. The van der Waals surface area contributed by atoms with Crippen LogP contribution in [0.25, 0.3) is 11.5 Å². The molecule has 0 atom stereocenters. The molecule has 3 rings (SSSR count). The average Bonchev–Trinajstić information content (AvgIpc) is 3.07. The van der Waals surface area contributed by atoms with E-state index in [0.29, 0.717) is 23.8 Å². The summed E-state index contributed by atoms with van der Waals surface area (Å²) in [5, 5.41) is 6.80. The Kier molecular flexibility index (Phi) is 5.15. The van der Waals surface area contributed by atoms with Crippen LogP contribution in [0.3, 0.4) is 0 Å². The van der Waals surface area contributed by atoms with E-state index in [4.69, 9.17) is 9.26 Å². The summed E-state index contributed by atoms with van der Waals surface area (Å²) in [6.45, 7) is 9.89. The highest BCUT2D eigenvalue weighted by Gasteiger charge is 2.28. The normalized spacial score (nSPS) is 16.0. The van der Waals surface area contributed by atoms with Crippen LogP contribution in [-0.2, 0) is 4.74 Å². The molecule has 7 nitrogen and oxygen atoms in total. The predicted octanol–water partition coefficient (Wildman–Crippen LogP) is 1.89. The molecule has 1 N–H and O–H groups in total. The molecule has 7 heteroatoms. The predicted molar refractivity (Wildman–Crippen MR) is 93.3 cm³/mol. The minimum absolute atomic E-state index is 0.0883. The van der Waals surface area contributed by atoms with Crippen LogP contribution in [0.15, 0.2) is 28.8 Å². The van der Waals surface area contributed by atoms with Gasteiger partial charge in [0, 0.05) is 36.3 Å². The van der Waals surface area contributed by atoms with Crippen LogP contribution >= 0.6 is 0 Å². The number of aromatic nitrogens is 2. The molecule has 1 aliphatic rings. The molecule has 0 unspecified atom stereocenters. The molecule has 1 aliphatic heterocycles. The van der Waals surface area contributed by atoms with E-state index < -0.39 is 0 Å². The zero-order valence-corrected chi connectivity index (χ0v) is 14.9. The molecule has 2 heterocycles. The van der Waals surface area contributed by atoms with E-state index in [2.05, 4.69) is 34.2 Å². The number of ether oxygens (including phenoxy) is 1. The van der Waals surface area contributed by atoms with Crippen molar-refractivity contribution in [1.29, 1.82) is 0 Å². The molecule has 1 saturated heterocycles. The smallest absolute Gasteiger partial charge is 0.257 e. The fourth-order valence-electron chi connectivity index (χ4n) is 2.86. The lowest BCUT2D eigenvalue weighted by molar-refractivity contribution is -0.00923. The molecule has 2 aromatic rings. The van der Waals surface area contributed by atoms with Gasteiger partial charge in [-0.05, 0) is 45.0 Å². The van der Waals surface area contributed by atoms with Crippen molar-refractivity contribution in [2.75, 3.05) is 32.8 Å². The molecule has 0 radical (unpaired) electrons. The molecular weight excluding hydrogens is 320 g/mol. The monoisotopic (exact) mass is 344 g/mol. The maximum Gasteiger partial charge on any atom is 0.257 e. The largest absolute Gasteiger partial charge is 0.379 e. The topological polar surface area (TPSA) is 80.5 Å². The number of benzene rings is 1.